The van der Waals surface area contributed by atoms with E-state index in [1.807, 2.05) is 20.8 Å². The Labute approximate surface area is 161 Å². The quantitative estimate of drug-likeness (QED) is 0.660. The molecule has 1 amide bonds. The highest BCUT2D eigenvalue weighted by Gasteiger charge is 2.31. The van der Waals surface area contributed by atoms with Crippen molar-refractivity contribution in [3.63, 3.8) is 0 Å². The average Bonchev–Trinajstić information content (AvgIpc) is 2.67. The van der Waals surface area contributed by atoms with Gasteiger partial charge in [0.1, 0.15) is 0 Å². The van der Waals surface area contributed by atoms with E-state index >= 15 is 0 Å². The summed E-state index contributed by atoms with van der Waals surface area (Å²) >= 11 is 0. The van der Waals surface area contributed by atoms with Crippen LogP contribution in [-0.2, 0) is 19.6 Å². The summed E-state index contributed by atoms with van der Waals surface area (Å²) in [6.45, 7) is 6.78. The Morgan fingerprint density at radius 3 is 2.56 bits per heavy atom. The summed E-state index contributed by atoms with van der Waals surface area (Å²) in [5, 5.41) is 0. The molecular formula is C19H28N2O5S. The minimum Gasteiger partial charge on any atom is -0.452 e. The number of esters is 1. The molecular weight excluding hydrogens is 368 g/mol. The van der Waals surface area contributed by atoms with Crippen LogP contribution >= 0.6 is 0 Å². The molecule has 0 bridgehead atoms. The molecule has 0 aromatic heterocycles. The van der Waals surface area contributed by atoms with E-state index in [0.29, 0.717) is 19.6 Å². The standard InChI is InChI=1S/C19H28N2O5S/c1-4-20(5-2)18(22)14-26-19(23)16-10-8-11-17(13-16)27(24,25)21-12-7-6-9-15(21)3/h8,10-11,13,15H,4-7,9,12,14H2,1-3H3/t15-/m0/s1. The minimum atomic E-state index is -3.67. The lowest BCUT2D eigenvalue weighted by Crippen LogP contribution is -2.41. The van der Waals surface area contributed by atoms with Gasteiger partial charge in [0.15, 0.2) is 6.61 Å². The van der Waals surface area contributed by atoms with Gasteiger partial charge in [-0.1, -0.05) is 12.5 Å². The second-order valence-corrected chi connectivity index (χ2v) is 8.52. The smallest absolute Gasteiger partial charge is 0.338 e. The average molecular weight is 397 g/mol. The summed E-state index contributed by atoms with van der Waals surface area (Å²) in [4.78, 5) is 25.9. The van der Waals surface area contributed by atoms with Gasteiger partial charge in [-0.2, -0.15) is 4.31 Å². The number of piperidine rings is 1. The monoisotopic (exact) mass is 396 g/mol. The SMILES string of the molecule is CCN(CC)C(=O)COC(=O)c1cccc(S(=O)(=O)N2CCCC[C@@H]2C)c1. The van der Waals surface area contributed by atoms with Crippen molar-refractivity contribution in [1.29, 1.82) is 0 Å². The molecule has 0 saturated carbocycles. The fourth-order valence-electron chi connectivity index (χ4n) is 3.23. The summed E-state index contributed by atoms with van der Waals surface area (Å²) in [5.41, 5.74) is 0.119. The summed E-state index contributed by atoms with van der Waals surface area (Å²) in [7, 11) is -3.67. The normalized spacial score (nSPS) is 18.1. The highest BCUT2D eigenvalue weighted by atomic mass is 32.2. The largest absolute Gasteiger partial charge is 0.452 e. The van der Waals surface area contributed by atoms with Gasteiger partial charge in [0, 0.05) is 25.7 Å². The van der Waals surface area contributed by atoms with Crippen molar-refractivity contribution in [2.75, 3.05) is 26.2 Å². The van der Waals surface area contributed by atoms with Crippen LogP contribution in [0.25, 0.3) is 0 Å². The fraction of sp³-hybridized carbons (Fsp3) is 0.579. The Morgan fingerprint density at radius 2 is 1.93 bits per heavy atom. The third-order valence-corrected chi connectivity index (χ3v) is 6.87. The molecule has 8 heteroatoms. The summed E-state index contributed by atoms with van der Waals surface area (Å²) in [6, 6.07) is 5.74. The van der Waals surface area contributed by atoms with Crippen molar-refractivity contribution in [2.45, 2.75) is 51.0 Å². The molecule has 1 atom stereocenters. The van der Waals surface area contributed by atoms with Crippen LogP contribution in [0.2, 0.25) is 0 Å². The van der Waals surface area contributed by atoms with Gasteiger partial charge < -0.3 is 9.64 Å². The van der Waals surface area contributed by atoms with Crippen molar-refractivity contribution < 1.29 is 22.7 Å². The highest BCUT2D eigenvalue weighted by Crippen LogP contribution is 2.25. The molecule has 0 unspecified atom stereocenters. The van der Waals surface area contributed by atoms with Crippen LogP contribution < -0.4 is 0 Å². The lowest BCUT2D eigenvalue weighted by Gasteiger charge is -2.32. The van der Waals surface area contributed by atoms with Crippen LogP contribution in [0.4, 0.5) is 0 Å². The predicted molar refractivity (Wildman–Crippen MR) is 102 cm³/mol. The van der Waals surface area contributed by atoms with E-state index in [1.54, 1.807) is 4.90 Å². The van der Waals surface area contributed by atoms with Crippen LogP contribution in [0.15, 0.2) is 29.2 Å². The molecule has 0 N–H and O–H groups in total. The lowest BCUT2D eigenvalue weighted by molar-refractivity contribution is -0.134. The predicted octanol–water partition coefficient (Wildman–Crippen LogP) is 2.27. The van der Waals surface area contributed by atoms with Gasteiger partial charge in [0.25, 0.3) is 5.91 Å². The molecule has 1 aliphatic heterocycles. The third-order valence-electron chi connectivity index (χ3n) is 4.86. The Morgan fingerprint density at radius 1 is 1.22 bits per heavy atom. The number of nitrogens with zero attached hydrogens (tertiary/aromatic N) is 2. The zero-order valence-corrected chi connectivity index (χ0v) is 17.0. The molecule has 1 aromatic carbocycles. The molecule has 27 heavy (non-hydrogen) atoms. The Bertz CT molecular complexity index is 774. The van der Waals surface area contributed by atoms with E-state index in [-0.39, 0.29) is 29.0 Å². The van der Waals surface area contributed by atoms with Crippen LogP contribution in [0, 0.1) is 0 Å². The number of rotatable bonds is 7. The van der Waals surface area contributed by atoms with Crippen molar-refractivity contribution in [2.24, 2.45) is 0 Å². The number of carbonyl (C=O) groups is 2. The number of hydrogen-bond acceptors (Lipinski definition) is 5. The van der Waals surface area contributed by atoms with E-state index in [2.05, 4.69) is 0 Å². The number of likely N-dealkylation sites (N-methyl/N-ethyl adjacent to an activating group) is 1. The van der Waals surface area contributed by atoms with E-state index in [0.717, 1.165) is 19.3 Å². The molecule has 1 saturated heterocycles. The van der Waals surface area contributed by atoms with Crippen LogP contribution in [0.1, 0.15) is 50.4 Å². The van der Waals surface area contributed by atoms with Crippen LogP contribution in [0.5, 0.6) is 0 Å². The van der Waals surface area contributed by atoms with Gasteiger partial charge in [-0.25, -0.2) is 13.2 Å². The number of hydrogen-bond donors (Lipinski definition) is 0. The van der Waals surface area contributed by atoms with E-state index in [1.165, 1.54) is 28.6 Å². The zero-order chi connectivity index (χ0) is 20.0. The summed E-state index contributed by atoms with van der Waals surface area (Å²) in [6.07, 6.45) is 2.67. The van der Waals surface area contributed by atoms with Gasteiger partial charge in [0.05, 0.1) is 10.5 Å². The first-order valence-corrected chi connectivity index (χ1v) is 10.8. The Kier molecular flexibility index (Phi) is 7.38. The first kappa shape index (κ1) is 21.4. The van der Waals surface area contributed by atoms with Crippen molar-refractivity contribution in [3.05, 3.63) is 29.8 Å². The summed E-state index contributed by atoms with van der Waals surface area (Å²) < 4.78 is 32.4. The molecule has 1 aliphatic rings. The highest BCUT2D eigenvalue weighted by molar-refractivity contribution is 7.89. The van der Waals surface area contributed by atoms with E-state index < -0.39 is 16.0 Å². The molecule has 7 nitrogen and oxygen atoms in total. The lowest BCUT2D eigenvalue weighted by atomic mass is 10.1. The van der Waals surface area contributed by atoms with E-state index in [4.69, 9.17) is 4.74 Å². The van der Waals surface area contributed by atoms with Crippen molar-refractivity contribution in [3.8, 4) is 0 Å². The molecule has 2 rings (SSSR count). The Balaban J connectivity index is 2.12. The summed E-state index contributed by atoms with van der Waals surface area (Å²) in [5.74, 6) is -0.987. The molecule has 1 fully saturated rings. The van der Waals surface area contributed by atoms with Gasteiger partial charge in [-0.15, -0.1) is 0 Å². The number of benzene rings is 1. The number of amides is 1. The maximum absolute atomic E-state index is 12.9. The molecule has 1 aromatic rings. The van der Waals surface area contributed by atoms with Gasteiger partial charge in [-0.3, -0.25) is 4.79 Å². The molecule has 0 radical (unpaired) electrons. The first-order valence-electron chi connectivity index (χ1n) is 9.38. The second kappa shape index (κ2) is 9.32. The Hall–Kier alpha value is -1.93. The number of sulfonamides is 1. The third kappa shape index (κ3) is 5.07. The molecule has 150 valence electrons. The van der Waals surface area contributed by atoms with Crippen LogP contribution in [-0.4, -0.2) is 61.8 Å². The van der Waals surface area contributed by atoms with Crippen molar-refractivity contribution in [1.82, 2.24) is 9.21 Å². The van der Waals surface area contributed by atoms with Gasteiger partial charge in [-0.05, 0) is 51.8 Å². The van der Waals surface area contributed by atoms with Gasteiger partial charge >= 0.3 is 5.97 Å². The maximum Gasteiger partial charge on any atom is 0.338 e. The molecule has 0 aliphatic carbocycles. The topological polar surface area (TPSA) is 84.0 Å². The first-order chi connectivity index (χ1) is 12.8. The molecule has 1 heterocycles. The van der Waals surface area contributed by atoms with Gasteiger partial charge in [0.2, 0.25) is 10.0 Å². The maximum atomic E-state index is 12.9. The second-order valence-electron chi connectivity index (χ2n) is 6.63. The van der Waals surface area contributed by atoms with E-state index in [9.17, 15) is 18.0 Å². The van der Waals surface area contributed by atoms with Crippen LogP contribution in [0.3, 0.4) is 0 Å². The van der Waals surface area contributed by atoms with Crippen molar-refractivity contribution >= 4 is 21.9 Å². The zero-order valence-electron chi connectivity index (χ0n) is 16.2. The fourth-order valence-corrected chi connectivity index (χ4v) is 4.97. The minimum absolute atomic E-state index is 0.0638. The number of ether oxygens (including phenoxy) is 1. The number of carbonyl (C=O) groups excluding carboxylic acids is 2. The molecule has 0 spiro atoms.